The van der Waals surface area contributed by atoms with E-state index in [1.165, 1.54) is 0 Å². The number of anilines is 1. The SMILES string of the molecule is CCOCc1ccccc1NC(=O)c1n[nH]c(C(C)C)n1. The molecule has 2 aromatic rings. The average Bonchev–Trinajstić information content (AvgIpc) is 2.96. The maximum Gasteiger partial charge on any atom is 0.295 e. The highest BCUT2D eigenvalue weighted by molar-refractivity contribution is 6.01. The number of nitrogens with one attached hydrogen (secondary N) is 2. The summed E-state index contributed by atoms with van der Waals surface area (Å²) in [6.45, 7) is 6.99. The molecule has 1 aromatic carbocycles. The molecule has 0 radical (unpaired) electrons. The minimum Gasteiger partial charge on any atom is -0.377 e. The Morgan fingerprint density at radius 3 is 2.81 bits per heavy atom. The molecule has 0 aliphatic heterocycles. The Labute approximate surface area is 123 Å². The topological polar surface area (TPSA) is 79.9 Å². The number of carbonyl (C=O) groups is 1. The van der Waals surface area contributed by atoms with Crippen molar-refractivity contribution in [2.45, 2.75) is 33.3 Å². The van der Waals surface area contributed by atoms with E-state index in [2.05, 4.69) is 20.5 Å². The molecule has 0 atom stereocenters. The van der Waals surface area contributed by atoms with Gasteiger partial charge in [-0.1, -0.05) is 32.0 Å². The predicted molar refractivity (Wildman–Crippen MR) is 80.2 cm³/mol. The van der Waals surface area contributed by atoms with E-state index in [0.29, 0.717) is 24.7 Å². The first-order valence-corrected chi connectivity index (χ1v) is 7.01. The lowest BCUT2D eigenvalue weighted by atomic mass is 10.2. The van der Waals surface area contributed by atoms with Crippen LogP contribution in [0.1, 0.15) is 48.7 Å². The first kappa shape index (κ1) is 15.2. The van der Waals surface area contributed by atoms with Crippen LogP contribution in [0.5, 0.6) is 0 Å². The lowest BCUT2D eigenvalue weighted by Crippen LogP contribution is -2.15. The van der Waals surface area contributed by atoms with Crippen molar-refractivity contribution in [1.29, 1.82) is 0 Å². The summed E-state index contributed by atoms with van der Waals surface area (Å²) < 4.78 is 5.39. The number of aromatic amines is 1. The van der Waals surface area contributed by atoms with Crippen molar-refractivity contribution in [2.75, 3.05) is 11.9 Å². The minimum absolute atomic E-state index is 0.143. The first-order chi connectivity index (χ1) is 10.1. The van der Waals surface area contributed by atoms with Crippen LogP contribution in [0, 0.1) is 0 Å². The Morgan fingerprint density at radius 2 is 2.14 bits per heavy atom. The number of para-hydroxylation sites is 1. The third kappa shape index (κ3) is 3.88. The summed E-state index contributed by atoms with van der Waals surface area (Å²) >= 11 is 0. The summed E-state index contributed by atoms with van der Waals surface area (Å²) in [5.74, 6) is 0.707. The Hall–Kier alpha value is -2.21. The molecule has 2 N–H and O–H groups in total. The molecular formula is C15H20N4O2. The van der Waals surface area contributed by atoms with E-state index in [0.717, 1.165) is 5.56 Å². The monoisotopic (exact) mass is 288 g/mol. The summed E-state index contributed by atoms with van der Waals surface area (Å²) in [6.07, 6.45) is 0. The Bertz CT molecular complexity index is 607. The van der Waals surface area contributed by atoms with Gasteiger partial charge in [-0.05, 0) is 13.0 Å². The van der Waals surface area contributed by atoms with Gasteiger partial charge in [0.2, 0.25) is 5.82 Å². The normalized spacial score (nSPS) is 10.9. The number of hydrogen-bond donors (Lipinski definition) is 2. The van der Waals surface area contributed by atoms with E-state index in [9.17, 15) is 4.79 Å². The molecule has 0 saturated carbocycles. The van der Waals surface area contributed by atoms with Crippen LogP contribution in [-0.4, -0.2) is 27.7 Å². The van der Waals surface area contributed by atoms with E-state index >= 15 is 0 Å². The van der Waals surface area contributed by atoms with Crippen LogP contribution in [0.2, 0.25) is 0 Å². The van der Waals surface area contributed by atoms with Gasteiger partial charge < -0.3 is 10.1 Å². The molecule has 1 aromatic heterocycles. The number of aromatic nitrogens is 3. The van der Waals surface area contributed by atoms with Crippen LogP contribution in [0.3, 0.4) is 0 Å². The second kappa shape index (κ2) is 6.99. The van der Waals surface area contributed by atoms with Crippen LogP contribution in [0.4, 0.5) is 5.69 Å². The van der Waals surface area contributed by atoms with Gasteiger partial charge >= 0.3 is 0 Å². The zero-order valence-electron chi connectivity index (χ0n) is 12.5. The van der Waals surface area contributed by atoms with Crippen LogP contribution >= 0.6 is 0 Å². The Balaban J connectivity index is 2.11. The third-order valence-electron chi connectivity index (χ3n) is 2.98. The first-order valence-electron chi connectivity index (χ1n) is 7.01. The molecule has 0 saturated heterocycles. The summed E-state index contributed by atoms with van der Waals surface area (Å²) in [5.41, 5.74) is 1.64. The lowest BCUT2D eigenvalue weighted by Gasteiger charge is -2.09. The fraction of sp³-hybridized carbons (Fsp3) is 0.400. The van der Waals surface area contributed by atoms with Crippen molar-refractivity contribution in [1.82, 2.24) is 15.2 Å². The number of carbonyl (C=O) groups excluding carboxylic acids is 1. The molecule has 112 valence electrons. The fourth-order valence-corrected chi connectivity index (χ4v) is 1.79. The average molecular weight is 288 g/mol. The molecular weight excluding hydrogens is 268 g/mol. The Kier molecular flexibility index (Phi) is 5.05. The predicted octanol–water partition coefficient (Wildman–Crippen LogP) is 2.72. The van der Waals surface area contributed by atoms with Gasteiger partial charge in [0, 0.05) is 23.8 Å². The smallest absolute Gasteiger partial charge is 0.295 e. The zero-order valence-corrected chi connectivity index (χ0v) is 12.5. The molecule has 21 heavy (non-hydrogen) atoms. The van der Waals surface area contributed by atoms with E-state index in [-0.39, 0.29) is 17.6 Å². The standard InChI is InChI=1S/C15H20N4O2/c1-4-21-9-11-7-5-6-8-12(11)16-15(20)14-17-13(10(2)3)18-19-14/h5-8,10H,4,9H2,1-3H3,(H,16,20)(H,17,18,19). The number of benzene rings is 1. The quantitative estimate of drug-likeness (QED) is 0.856. The van der Waals surface area contributed by atoms with Crippen molar-refractivity contribution in [3.05, 3.63) is 41.5 Å². The van der Waals surface area contributed by atoms with Gasteiger partial charge in [0.25, 0.3) is 5.91 Å². The molecule has 6 heteroatoms. The largest absolute Gasteiger partial charge is 0.377 e. The van der Waals surface area contributed by atoms with Crippen molar-refractivity contribution in [3.63, 3.8) is 0 Å². The Morgan fingerprint density at radius 1 is 1.38 bits per heavy atom. The summed E-state index contributed by atoms with van der Waals surface area (Å²) in [6, 6.07) is 7.53. The molecule has 0 aliphatic rings. The van der Waals surface area contributed by atoms with Gasteiger partial charge in [-0.3, -0.25) is 9.89 Å². The third-order valence-corrected chi connectivity index (χ3v) is 2.98. The highest BCUT2D eigenvalue weighted by Gasteiger charge is 2.15. The van der Waals surface area contributed by atoms with Crippen molar-refractivity contribution >= 4 is 11.6 Å². The van der Waals surface area contributed by atoms with E-state index < -0.39 is 0 Å². The van der Waals surface area contributed by atoms with Crippen molar-refractivity contribution in [3.8, 4) is 0 Å². The number of ether oxygens (including phenoxy) is 1. The van der Waals surface area contributed by atoms with Crippen molar-refractivity contribution in [2.24, 2.45) is 0 Å². The van der Waals surface area contributed by atoms with Gasteiger partial charge in [-0.25, -0.2) is 4.98 Å². The molecule has 2 rings (SSSR count). The summed E-state index contributed by atoms with van der Waals surface area (Å²) in [4.78, 5) is 16.4. The van der Waals surface area contributed by atoms with Gasteiger partial charge in [0.1, 0.15) is 5.82 Å². The molecule has 0 aliphatic carbocycles. The zero-order chi connectivity index (χ0) is 15.2. The highest BCUT2D eigenvalue weighted by atomic mass is 16.5. The summed E-state index contributed by atoms with van der Waals surface area (Å²) in [7, 11) is 0. The molecule has 0 bridgehead atoms. The second-order valence-electron chi connectivity index (χ2n) is 4.95. The van der Waals surface area contributed by atoms with Crippen LogP contribution in [0.25, 0.3) is 0 Å². The maximum atomic E-state index is 12.2. The highest BCUT2D eigenvalue weighted by Crippen LogP contribution is 2.17. The van der Waals surface area contributed by atoms with Gasteiger partial charge in [-0.2, -0.15) is 0 Å². The molecule has 0 spiro atoms. The second-order valence-corrected chi connectivity index (χ2v) is 4.95. The number of nitrogens with zero attached hydrogens (tertiary/aromatic N) is 2. The van der Waals surface area contributed by atoms with E-state index in [1.54, 1.807) is 0 Å². The number of H-pyrrole nitrogens is 1. The fourth-order valence-electron chi connectivity index (χ4n) is 1.79. The van der Waals surface area contributed by atoms with Crippen LogP contribution in [-0.2, 0) is 11.3 Å². The number of rotatable bonds is 6. The lowest BCUT2D eigenvalue weighted by molar-refractivity contribution is 0.101. The van der Waals surface area contributed by atoms with E-state index in [1.807, 2.05) is 45.0 Å². The van der Waals surface area contributed by atoms with Crippen LogP contribution < -0.4 is 5.32 Å². The van der Waals surface area contributed by atoms with Crippen molar-refractivity contribution < 1.29 is 9.53 Å². The molecule has 1 heterocycles. The van der Waals surface area contributed by atoms with Crippen LogP contribution in [0.15, 0.2) is 24.3 Å². The maximum absolute atomic E-state index is 12.2. The molecule has 6 nitrogen and oxygen atoms in total. The van der Waals surface area contributed by atoms with Gasteiger partial charge in [0.05, 0.1) is 6.61 Å². The summed E-state index contributed by atoms with van der Waals surface area (Å²) in [5, 5.41) is 9.54. The molecule has 0 unspecified atom stereocenters. The van der Waals surface area contributed by atoms with Gasteiger partial charge in [-0.15, -0.1) is 5.10 Å². The number of hydrogen-bond acceptors (Lipinski definition) is 4. The van der Waals surface area contributed by atoms with E-state index in [4.69, 9.17) is 4.74 Å². The molecule has 1 amide bonds. The minimum atomic E-state index is -0.331. The number of amides is 1. The van der Waals surface area contributed by atoms with Gasteiger partial charge in [0.15, 0.2) is 0 Å². The molecule has 0 fully saturated rings.